The number of aromatic hydroxyl groups is 1. The van der Waals surface area contributed by atoms with Crippen molar-refractivity contribution in [1.29, 1.82) is 0 Å². The third-order valence-electron chi connectivity index (χ3n) is 7.07. The first-order chi connectivity index (χ1) is 20.1. The topological polar surface area (TPSA) is 152 Å². The lowest BCUT2D eigenvalue weighted by Crippen LogP contribution is -2.33. The summed E-state index contributed by atoms with van der Waals surface area (Å²) in [5.41, 5.74) is 0.612. The number of phenolic OH excluding ortho intramolecular Hbond substituents is 1. The highest BCUT2D eigenvalue weighted by Crippen LogP contribution is 2.55. The van der Waals surface area contributed by atoms with Crippen molar-refractivity contribution in [2.24, 2.45) is 5.92 Å². The number of halogens is 1. The van der Waals surface area contributed by atoms with Crippen molar-refractivity contribution in [3.8, 4) is 5.75 Å². The van der Waals surface area contributed by atoms with Crippen LogP contribution in [0.4, 0.5) is 21.5 Å². The van der Waals surface area contributed by atoms with Gasteiger partial charge in [0.1, 0.15) is 23.4 Å². The molecule has 11 nitrogen and oxygen atoms in total. The number of benzene rings is 3. The molecule has 3 amide bonds. The van der Waals surface area contributed by atoms with Crippen molar-refractivity contribution in [1.82, 2.24) is 4.57 Å². The lowest BCUT2D eigenvalue weighted by molar-refractivity contribution is -0.384. The van der Waals surface area contributed by atoms with Crippen LogP contribution >= 0.6 is 23.1 Å². The third-order valence-corrected chi connectivity index (χ3v) is 9.67. The van der Waals surface area contributed by atoms with Gasteiger partial charge >= 0.3 is 4.87 Å². The number of nitrogens with one attached hydrogen (secondary N) is 1. The Kier molecular flexibility index (Phi) is 6.86. The van der Waals surface area contributed by atoms with E-state index in [2.05, 4.69) is 5.32 Å². The fourth-order valence-corrected chi connectivity index (χ4v) is 7.96. The number of anilines is 2. The fraction of sp³-hybridized carbons (Fsp3) is 0.143. The number of amides is 3. The molecule has 42 heavy (non-hydrogen) atoms. The smallest absolute Gasteiger partial charge is 0.308 e. The number of rotatable bonds is 6. The Bertz CT molecular complexity index is 1820. The van der Waals surface area contributed by atoms with Crippen molar-refractivity contribution >= 4 is 57.9 Å². The molecule has 0 saturated carbocycles. The number of carbonyl (C=O) groups excluding carboxylic acids is 3. The van der Waals surface area contributed by atoms with Gasteiger partial charge in [-0.15, -0.1) is 0 Å². The number of hydrogen-bond acceptors (Lipinski definition) is 9. The Morgan fingerprint density at radius 1 is 1.00 bits per heavy atom. The maximum atomic E-state index is 13.9. The average Bonchev–Trinajstić information content (AvgIpc) is 3.41. The minimum atomic E-state index is -1.01. The second-order valence-corrected chi connectivity index (χ2v) is 11.7. The standard InChI is InChI=1S/C28H19FN4O7S2/c29-14-5-7-15(8-6-14)30-20(35)13-31-27-24(42-28(31)38)21(18-3-1-2-4-19(18)34)22-23(41-27)26(37)32(25(22)36)16-9-11-17(12-10-16)33(39)40/h1-12,21-23,34H,13H2,(H,30,35)/t21-,22?,23?/m0/s1. The molecule has 4 aromatic rings. The summed E-state index contributed by atoms with van der Waals surface area (Å²) in [4.78, 5) is 65.1. The number of nitrogens with zero attached hydrogens (tertiary/aromatic N) is 3. The van der Waals surface area contributed by atoms with Gasteiger partial charge in [0, 0.05) is 34.2 Å². The van der Waals surface area contributed by atoms with Gasteiger partial charge in [-0.05, 0) is 42.5 Å². The molecular formula is C28H19FN4O7S2. The van der Waals surface area contributed by atoms with Crippen molar-refractivity contribution in [3.63, 3.8) is 0 Å². The Labute approximate surface area is 244 Å². The maximum absolute atomic E-state index is 13.9. The van der Waals surface area contributed by atoms with E-state index in [0.29, 0.717) is 21.2 Å². The van der Waals surface area contributed by atoms with Crippen LogP contribution < -0.4 is 15.1 Å². The summed E-state index contributed by atoms with van der Waals surface area (Å²) < 4.78 is 14.5. The Morgan fingerprint density at radius 3 is 2.36 bits per heavy atom. The van der Waals surface area contributed by atoms with Crippen LogP contribution in [-0.4, -0.2) is 37.6 Å². The molecule has 0 bridgehead atoms. The van der Waals surface area contributed by atoms with E-state index in [0.717, 1.165) is 28.0 Å². The van der Waals surface area contributed by atoms with Crippen LogP contribution in [0.1, 0.15) is 16.4 Å². The Morgan fingerprint density at radius 2 is 1.69 bits per heavy atom. The molecule has 2 unspecified atom stereocenters. The lowest BCUT2D eigenvalue weighted by atomic mass is 9.82. The number of aromatic nitrogens is 1. The molecule has 0 spiro atoms. The molecular weight excluding hydrogens is 587 g/mol. The van der Waals surface area contributed by atoms with Gasteiger partial charge in [-0.3, -0.25) is 33.9 Å². The highest BCUT2D eigenvalue weighted by Gasteiger charge is 2.57. The van der Waals surface area contributed by atoms with Crippen LogP contribution in [0.5, 0.6) is 5.75 Å². The maximum Gasteiger partial charge on any atom is 0.308 e. The molecule has 6 rings (SSSR count). The summed E-state index contributed by atoms with van der Waals surface area (Å²) in [6, 6.07) is 16.5. The quantitative estimate of drug-likeness (QED) is 0.189. The second kappa shape index (κ2) is 10.5. The van der Waals surface area contributed by atoms with Gasteiger partial charge in [0.15, 0.2) is 0 Å². The molecule has 1 saturated heterocycles. The van der Waals surface area contributed by atoms with Crippen molar-refractivity contribution in [2.75, 3.05) is 10.2 Å². The number of nitro groups is 1. The number of thiazole rings is 1. The average molecular weight is 607 g/mol. The van der Waals surface area contributed by atoms with E-state index in [-0.39, 0.29) is 17.1 Å². The predicted octanol–water partition coefficient (Wildman–Crippen LogP) is 4.10. The second-order valence-electron chi connectivity index (χ2n) is 9.56. The van der Waals surface area contributed by atoms with E-state index < -0.39 is 57.0 Å². The van der Waals surface area contributed by atoms with E-state index in [1.54, 1.807) is 18.2 Å². The largest absolute Gasteiger partial charge is 0.508 e. The number of phenols is 1. The van der Waals surface area contributed by atoms with E-state index in [9.17, 15) is 38.8 Å². The van der Waals surface area contributed by atoms with Crippen molar-refractivity contribution in [2.45, 2.75) is 22.7 Å². The Balaban J connectivity index is 1.40. The lowest BCUT2D eigenvalue weighted by Gasteiger charge is -2.31. The van der Waals surface area contributed by atoms with Gasteiger partial charge < -0.3 is 10.4 Å². The number of nitro benzene ring substituents is 1. The first kappa shape index (κ1) is 27.4. The molecule has 212 valence electrons. The SMILES string of the molecule is O=C(Cn1c2c(sc1=O)[C@@H](c1ccccc1O)C1C(=O)N(c3ccc([N+](=O)[O-])cc3)C(=O)C1S2)Nc1ccc(F)cc1. The molecule has 2 N–H and O–H groups in total. The van der Waals surface area contributed by atoms with Crippen LogP contribution in [0.2, 0.25) is 0 Å². The van der Waals surface area contributed by atoms with Crippen LogP contribution in [0.25, 0.3) is 0 Å². The number of non-ortho nitro benzene ring substituents is 1. The normalized spacial score (nSPS) is 19.4. The summed E-state index contributed by atoms with van der Waals surface area (Å²) in [6.45, 7) is -0.409. The molecule has 3 heterocycles. The molecule has 3 aromatic carbocycles. The zero-order chi connectivity index (χ0) is 29.7. The predicted molar refractivity (Wildman–Crippen MR) is 152 cm³/mol. The molecule has 1 fully saturated rings. The third kappa shape index (κ3) is 4.63. The van der Waals surface area contributed by atoms with E-state index in [1.807, 2.05) is 0 Å². The highest BCUT2D eigenvalue weighted by atomic mass is 32.2. The summed E-state index contributed by atoms with van der Waals surface area (Å²) in [5.74, 6) is -4.22. The van der Waals surface area contributed by atoms with Crippen LogP contribution in [0, 0.1) is 21.8 Å². The van der Waals surface area contributed by atoms with Gasteiger partial charge in [0.25, 0.3) is 5.69 Å². The van der Waals surface area contributed by atoms with Crippen LogP contribution in [0.15, 0.2) is 82.6 Å². The number of fused-ring (bicyclic) bond motifs is 2. The molecule has 1 aromatic heterocycles. The summed E-state index contributed by atoms with van der Waals surface area (Å²) in [5, 5.41) is 23.8. The van der Waals surface area contributed by atoms with Crippen molar-refractivity contribution < 1.29 is 28.8 Å². The van der Waals surface area contributed by atoms with Crippen molar-refractivity contribution in [3.05, 3.63) is 109 Å². The van der Waals surface area contributed by atoms with Gasteiger partial charge in [-0.25, -0.2) is 9.29 Å². The number of carbonyl (C=O) groups is 3. The van der Waals surface area contributed by atoms with E-state index >= 15 is 0 Å². The zero-order valence-electron chi connectivity index (χ0n) is 21.3. The van der Waals surface area contributed by atoms with Gasteiger partial charge in [0.05, 0.1) is 21.6 Å². The molecule has 14 heteroatoms. The monoisotopic (exact) mass is 606 g/mol. The Hall–Kier alpha value is -4.82. The molecule has 2 aliphatic heterocycles. The highest BCUT2D eigenvalue weighted by molar-refractivity contribution is 8.00. The number of para-hydroxylation sites is 1. The summed E-state index contributed by atoms with van der Waals surface area (Å²) in [6.07, 6.45) is 0. The minimum absolute atomic E-state index is 0.130. The molecule has 2 aliphatic rings. The fourth-order valence-electron chi connectivity index (χ4n) is 5.20. The number of hydrogen-bond donors (Lipinski definition) is 2. The van der Waals surface area contributed by atoms with Crippen LogP contribution in [0.3, 0.4) is 0 Å². The van der Waals surface area contributed by atoms with Gasteiger partial charge in [-0.2, -0.15) is 0 Å². The summed E-state index contributed by atoms with van der Waals surface area (Å²) >= 11 is 1.81. The summed E-state index contributed by atoms with van der Waals surface area (Å²) in [7, 11) is 0. The first-order valence-corrected chi connectivity index (χ1v) is 14.2. The van der Waals surface area contributed by atoms with E-state index in [1.165, 1.54) is 59.2 Å². The minimum Gasteiger partial charge on any atom is -0.508 e. The van der Waals surface area contributed by atoms with Crippen LogP contribution in [-0.2, 0) is 20.9 Å². The number of thioether (sulfide) groups is 1. The van der Waals surface area contributed by atoms with Gasteiger partial charge in [-0.1, -0.05) is 41.3 Å². The van der Waals surface area contributed by atoms with E-state index in [4.69, 9.17) is 0 Å². The first-order valence-electron chi connectivity index (χ1n) is 12.5. The molecule has 0 aliphatic carbocycles. The molecule has 0 radical (unpaired) electrons. The number of imide groups is 1. The van der Waals surface area contributed by atoms with Gasteiger partial charge in [0.2, 0.25) is 17.7 Å². The molecule has 3 atom stereocenters. The zero-order valence-corrected chi connectivity index (χ0v) is 22.9.